The van der Waals surface area contributed by atoms with Crippen molar-refractivity contribution in [3.05, 3.63) is 29.8 Å². The molecule has 2 N–H and O–H groups in total. The van der Waals surface area contributed by atoms with E-state index in [1.165, 1.54) is 0 Å². The molecule has 7 heteroatoms. The normalized spacial score (nSPS) is 15.5. The van der Waals surface area contributed by atoms with Gasteiger partial charge >= 0.3 is 0 Å². The fourth-order valence-electron chi connectivity index (χ4n) is 3.28. The molecule has 1 fully saturated rings. The number of aliphatic imine (C=N–C) groups is 1. The highest BCUT2D eigenvalue weighted by atomic mass is 127. The number of hydrogen-bond donors (Lipinski definition) is 2. The quantitative estimate of drug-likeness (QED) is 0.308. The number of hydrogen-bond acceptors (Lipinski definition) is 3. The van der Waals surface area contributed by atoms with Crippen molar-refractivity contribution in [2.75, 3.05) is 31.6 Å². The van der Waals surface area contributed by atoms with Crippen LogP contribution in [0.3, 0.4) is 0 Å². The Morgan fingerprint density at radius 1 is 1.25 bits per heavy atom. The lowest BCUT2D eigenvalue weighted by Crippen LogP contribution is -2.38. The third-order valence-corrected chi connectivity index (χ3v) is 4.85. The van der Waals surface area contributed by atoms with Gasteiger partial charge < -0.3 is 20.3 Å². The van der Waals surface area contributed by atoms with Crippen LogP contribution in [0.4, 0.5) is 5.69 Å². The van der Waals surface area contributed by atoms with Gasteiger partial charge in [-0.15, -0.1) is 24.0 Å². The Bertz CT molecular complexity index is 619. The zero-order valence-corrected chi connectivity index (χ0v) is 19.9. The number of halogens is 1. The van der Waals surface area contributed by atoms with Gasteiger partial charge in [-0.3, -0.25) is 9.79 Å². The van der Waals surface area contributed by atoms with Gasteiger partial charge in [-0.05, 0) is 43.4 Å². The zero-order chi connectivity index (χ0) is 19.6. The van der Waals surface area contributed by atoms with E-state index in [4.69, 9.17) is 4.74 Å². The number of carbonyl (C=O) groups is 1. The Hall–Kier alpha value is -1.35. The number of anilines is 1. The maximum atomic E-state index is 11.8. The summed E-state index contributed by atoms with van der Waals surface area (Å²) in [6.07, 6.45) is 2.82. The van der Waals surface area contributed by atoms with Gasteiger partial charge in [-0.2, -0.15) is 0 Å². The summed E-state index contributed by atoms with van der Waals surface area (Å²) in [4.78, 5) is 18.0. The SMILES string of the molecule is CCOC(CCNC(=NC)NCc1ccc(N2CCCC2=O)cc1)C(C)C.I. The average molecular weight is 502 g/mol. The minimum absolute atomic E-state index is 0. The summed E-state index contributed by atoms with van der Waals surface area (Å²) in [5.41, 5.74) is 2.14. The van der Waals surface area contributed by atoms with Crippen LogP contribution in [0.2, 0.25) is 0 Å². The molecule has 0 bridgehead atoms. The number of ether oxygens (including phenoxy) is 1. The van der Waals surface area contributed by atoms with Crippen LogP contribution in [0.1, 0.15) is 45.6 Å². The molecule has 0 saturated carbocycles. The number of carbonyl (C=O) groups excluding carboxylic acids is 1. The second kappa shape index (κ2) is 13.0. The van der Waals surface area contributed by atoms with Gasteiger partial charge in [-0.25, -0.2) is 0 Å². The number of nitrogens with zero attached hydrogens (tertiary/aromatic N) is 2. The maximum Gasteiger partial charge on any atom is 0.227 e. The van der Waals surface area contributed by atoms with Crippen LogP contribution in [0, 0.1) is 5.92 Å². The van der Waals surface area contributed by atoms with Crippen molar-refractivity contribution in [1.82, 2.24) is 10.6 Å². The monoisotopic (exact) mass is 502 g/mol. The first-order chi connectivity index (χ1) is 13.0. The minimum atomic E-state index is 0. The molecule has 1 unspecified atom stereocenters. The van der Waals surface area contributed by atoms with Crippen molar-refractivity contribution in [3.63, 3.8) is 0 Å². The average Bonchev–Trinajstić information content (AvgIpc) is 3.09. The Labute approximate surface area is 186 Å². The van der Waals surface area contributed by atoms with Gasteiger partial charge in [0, 0.05) is 45.4 Å². The molecule has 158 valence electrons. The number of benzene rings is 1. The van der Waals surface area contributed by atoms with E-state index in [1.807, 2.05) is 24.0 Å². The van der Waals surface area contributed by atoms with Crippen LogP contribution in [0.5, 0.6) is 0 Å². The molecule has 1 saturated heterocycles. The molecule has 2 rings (SSSR count). The van der Waals surface area contributed by atoms with E-state index < -0.39 is 0 Å². The van der Waals surface area contributed by atoms with Gasteiger partial charge in [0.2, 0.25) is 5.91 Å². The third-order valence-electron chi connectivity index (χ3n) is 4.85. The van der Waals surface area contributed by atoms with Crippen LogP contribution in [0.25, 0.3) is 0 Å². The number of rotatable bonds is 9. The lowest BCUT2D eigenvalue weighted by Gasteiger charge is -2.21. The summed E-state index contributed by atoms with van der Waals surface area (Å²) < 4.78 is 5.78. The lowest BCUT2D eigenvalue weighted by molar-refractivity contribution is -0.117. The first-order valence-corrected chi connectivity index (χ1v) is 10.0. The molecule has 1 atom stereocenters. The molecular weight excluding hydrogens is 467 g/mol. The van der Waals surface area contributed by atoms with Crippen LogP contribution in [-0.4, -0.2) is 44.7 Å². The summed E-state index contributed by atoms with van der Waals surface area (Å²) in [6, 6.07) is 8.16. The molecule has 1 aliphatic heterocycles. The van der Waals surface area contributed by atoms with E-state index in [0.717, 1.165) is 49.7 Å². The van der Waals surface area contributed by atoms with Crippen molar-refractivity contribution in [1.29, 1.82) is 0 Å². The fourth-order valence-corrected chi connectivity index (χ4v) is 3.28. The van der Waals surface area contributed by atoms with Gasteiger partial charge in [-0.1, -0.05) is 26.0 Å². The zero-order valence-electron chi connectivity index (χ0n) is 17.5. The molecular formula is C21H35IN4O2. The van der Waals surface area contributed by atoms with Crippen LogP contribution in [0.15, 0.2) is 29.3 Å². The molecule has 1 aromatic carbocycles. The maximum absolute atomic E-state index is 11.8. The second-order valence-corrected chi connectivity index (χ2v) is 7.19. The Kier molecular flexibility index (Phi) is 11.4. The van der Waals surface area contributed by atoms with E-state index in [0.29, 0.717) is 18.9 Å². The van der Waals surface area contributed by atoms with Crippen molar-refractivity contribution in [2.24, 2.45) is 10.9 Å². The summed E-state index contributed by atoms with van der Waals surface area (Å²) in [6.45, 7) is 9.49. The summed E-state index contributed by atoms with van der Waals surface area (Å²) in [7, 11) is 1.78. The van der Waals surface area contributed by atoms with E-state index in [1.54, 1.807) is 7.05 Å². The van der Waals surface area contributed by atoms with Crippen LogP contribution < -0.4 is 15.5 Å². The molecule has 28 heavy (non-hydrogen) atoms. The number of amides is 1. The molecule has 0 radical (unpaired) electrons. The van der Waals surface area contributed by atoms with Crippen LogP contribution in [-0.2, 0) is 16.1 Å². The van der Waals surface area contributed by atoms with E-state index in [-0.39, 0.29) is 36.0 Å². The Balaban J connectivity index is 0.00000392. The van der Waals surface area contributed by atoms with Gasteiger partial charge in [0.05, 0.1) is 6.10 Å². The molecule has 1 aromatic rings. The van der Waals surface area contributed by atoms with Gasteiger partial charge in [0.15, 0.2) is 5.96 Å². The Morgan fingerprint density at radius 3 is 2.50 bits per heavy atom. The van der Waals surface area contributed by atoms with E-state index in [9.17, 15) is 4.79 Å². The first kappa shape index (κ1) is 24.7. The number of nitrogens with one attached hydrogen (secondary N) is 2. The summed E-state index contributed by atoms with van der Waals surface area (Å²) >= 11 is 0. The summed E-state index contributed by atoms with van der Waals surface area (Å²) in [5.74, 6) is 1.51. The molecule has 0 aliphatic carbocycles. The number of guanidine groups is 1. The summed E-state index contributed by atoms with van der Waals surface area (Å²) in [5, 5.41) is 6.69. The van der Waals surface area contributed by atoms with E-state index >= 15 is 0 Å². The molecule has 1 heterocycles. The molecule has 1 amide bonds. The topological polar surface area (TPSA) is 66.0 Å². The highest BCUT2D eigenvalue weighted by molar-refractivity contribution is 14.0. The third kappa shape index (κ3) is 7.58. The predicted molar refractivity (Wildman–Crippen MR) is 127 cm³/mol. The second-order valence-electron chi connectivity index (χ2n) is 7.19. The standard InChI is InChI=1S/C21H34N4O2.HI/c1-5-27-19(16(2)3)12-13-23-21(22-4)24-15-17-8-10-18(11-9-17)25-14-6-7-20(25)26;/h8-11,16,19H,5-7,12-15H2,1-4H3,(H2,22,23,24);1H. The van der Waals surface area contributed by atoms with Crippen molar-refractivity contribution in [2.45, 2.75) is 52.7 Å². The van der Waals surface area contributed by atoms with Crippen molar-refractivity contribution >= 4 is 41.5 Å². The van der Waals surface area contributed by atoms with Gasteiger partial charge in [0.1, 0.15) is 0 Å². The smallest absolute Gasteiger partial charge is 0.227 e. The van der Waals surface area contributed by atoms with Crippen molar-refractivity contribution < 1.29 is 9.53 Å². The Morgan fingerprint density at radius 2 is 1.96 bits per heavy atom. The minimum Gasteiger partial charge on any atom is -0.378 e. The first-order valence-electron chi connectivity index (χ1n) is 10.0. The fraction of sp³-hybridized carbons (Fsp3) is 0.619. The highest BCUT2D eigenvalue weighted by Gasteiger charge is 2.21. The molecule has 1 aliphatic rings. The van der Waals surface area contributed by atoms with E-state index in [2.05, 4.69) is 41.6 Å². The highest BCUT2D eigenvalue weighted by Crippen LogP contribution is 2.21. The van der Waals surface area contributed by atoms with Gasteiger partial charge in [0.25, 0.3) is 0 Å². The lowest BCUT2D eigenvalue weighted by atomic mass is 10.0. The predicted octanol–water partition coefficient (Wildman–Crippen LogP) is 3.55. The van der Waals surface area contributed by atoms with Crippen molar-refractivity contribution in [3.8, 4) is 0 Å². The molecule has 6 nitrogen and oxygen atoms in total. The van der Waals surface area contributed by atoms with Crippen LogP contribution >= 0.6 is 24.0 Å². The molecule has 0 spiro atoms. The molecule has 0 aromatic heterocycles. The largest absolute Gasteiger partial charge is 0.378 e.